The first-order chi connectivity index (χ1) is 16.3. The lowest BCUT2D eigenvalue weighted by Crippen LogP contribution is -2.46. The fraction of sp³-hybridized carbons (Fsp3) is 0.423. The smallest absolute Gasteiger partial charge is 0.211 e. The molecule has 4 rings (SSSR count). The van der Waals surface area contributed by atoms with Gasteiger partial charge in [-0.25, -0.2) is 12.8 Å². The van der Waals surface area contributed by atoms with E-state index in [1.807, 2.05) is 18.7 Å². The Morgan fingerprint density at radius 2 is 1.65 bits per heavy atom. The number of pyridine rings is 1. The molecule has 1 saturated heterocycles. The molecule has 0 saturated carbocycles. The summed E-state index contributed by atoms with van der Waals surface area (Å²) in [6.45, 7) is 10.6. The maximum Gasteiger partial charge on any atom is 0.211 e. The van der Waals surface area contributed by atoms with Gasteiger partial charge in [-0.05, 0) is 56.1 Å². The van der Waals surface area contributed by atoms with E-state index in [0.717, 1.165) is 38.0 Å². The Morgan fingerprint density at radius 1 is 0.971 bits per heavy atom. The van der Waals surface area contributed by atoms with Crippen LogP contribution in [0.4, 0.5) is 10.1 Å². The van der Waals surface area contributed by atoms with Crippen molar-refractivity contribution < 1.29 is 12.8 Å². The van der Waals surface area contributed by atoms with Crippen LogP contribution in [0.1, 0.15) is 32.8 Å². The van der Waals surface area contributed by atoms with E-state index in [1.165, 1.54) is 24.4 Å². The van der Waals surface area contributed by atoms with Gasteiger partial charge in [0, 0.05) is 38.9 Å². The quantitative estimate of drug-likeness (QED) is 0.505. The molecule has 0 amide bonds. The van der Waals surface area contributed by atoms with Crippen molar-refractivity contribution in [3.8, 4) is 0 Å². The van der Waals surface area contributed by atoms with Gasteiger partial charge in [-0.3, -0.25) is 9.69 Å². The van der Waals surface area contributed by atoms with Crippen LogP contribution in [0.3, 0.4) is 0 Å². The van der Waals surface area contributed by atoms with E-state index >= 15 is 4.39 Å². The molecular weight excluding hydrogens is 453 g/mol. The number of nitrogens with zero attached hydrogens (tertiary/aromatic N) is 3. The highest BCUT2D eigenvalue weighted by Gasteiger charge is 2.26. The number of piperazine rings is 1. The summed E-state index contributed by atoms with van der Waals surface area (Å²) in [7, 11) is -4.05. The summed E-state index contributed by atoms with van der Waals surface area (Å²) >= 11 is 0. The molecule has 1 aromatic heterocycles. The second-order valence-corrected chi connectivity index (χ2v) is 10.7. The third-order valence-electron chi connectivity index (χ3n) is 6.64. The molecule has 0 unspecified atom stereocenters. The number of aromatic nitrogens is 1. The second kappa shape index (κ2) is 9.88. The Labute approximate surface area is 200 Å². The summed E-state index contributed by atoms with van der Waals surface area (Å²) in [4.78, 5) is 17.4. The molecule has 2 aromatic carbocycles. The normalized spacial score (nSPS) is 15.2. The fourth-order valence-corrected chi connectivity index (χ4v) is 6.00. The molecule has 0 radical (unpaired) electrons. The Balaban J connectivity index is 1.78. The molecule has 6 nitrogen and oxygen atoms in total. The molecule has 2 heterocycles. The summed E-state index contributed by atoms with van der Waals surface area (Å²) < 4.78 is 43.6. The van der Waals surface area contributed by atoms with Crippen LogP contribution in [0.15, 0.2) is 57.2 Å². The van der Waals surface area contributed by atoms with Crippen molar-refractivity contribution in [3.63, 3.8) is 0 Å². The van der Waals surface area contributed by atoms with Crippen LogP contribution in [-0.2, 0) is 22.8 Å². The topological polar surface area (TPSA) is 62.6 Å². The average molecular weight is 486 g/mol. The number of hydrogen-bond acceptors (Lipinski definition) is 5. The van der Waals surface area contributed by atoms with Gasteiger partial charge >= 0.3 is 0 Å². The SMILES string of the molecule is CCCN1CCN(c2cc3c(cc2F)c(=O)c(S(=O)(=O)c2ccc(CC)cc2)cn3CC)CC1. The van der Waals surface area contributed by atoms with E-state index in [4.69, 9.17) is 0 Å². The molecule has 8 heteroatoms. The average Bonchev–Trinajstić information content (AvgIpc) is 2.85. The zero-order valence-electron chi connectivity index (χ0n) is 20.1. The van der Waals surface area contributed by atoms with Crippen LogP contribution < -0.4 is 10.3 Å². The molecule has 0 spiro atoms. The maximum atomic E-state index is 15.2. The zero-order chi connectivity index (χ0) is 24.5. The number of hydrogen-bond donors (Lipinski definition) is 0. The molecular formula is C26H32FN3O3S. The van der Waals surface area contributed by atoms with Gasteiger partial charge in [-0.2, -0.15) is 0 Å². The predicted octanol–water partition coefficient (Wildman–Crippen LogP) is 4.09. The molecule has 0 N–H and O–H groups in total. The number of fused-ring (bicyclic) bond motifs is 1. The van der Waals surface area contributed by atoms with Crippen LogP contribution in [0.2, 0.25) is 0 Å². The highest BCUT2D eigenvalue weighted by atomic mass is 32.2. The van der Waals surface area contributed by atoms with E-state index in [-0.39, 0.29) is 15.2 Å². The number of sulfone groups is 1. The van der Waals surface area contributed by atoms with Crippen molar-refractivity contribution in [2.45, 2.75) is 49.9 Å². The van der Waals surface area contributed by atoms with Gasteiger partial charge in [0.1, 0.15) is 10.7 Å². The van der Waals surface area contributed by atoms with E-state index in [2.05, 4.69) is 11.8 Å². The van der Waals surface area contributed by atoms with Crippen LogP contribution in [-0.4, -0.2) is 50.6 Å². The Hall–Kier alpha value is -2.71. The molecule has 0 aliphatic carbocycles. The minimum absolute atomic E-state index is 0.0610. The first-order valence-corrected chi connectivity index (χ1v) is 13.5. The van der Waals surface area contributed by atoms with Crippen molar-refractivity contribution in [1.82, 2.24) is 9.47 Å². The summed E-state index contributed by atoms with van der Waals surface area (Å²) in [6, 6.07) is 9.44. The van der Waals surface area contributed by atoms with Gasteiger partial charge in [0.15, 0.2) is 0 Å². The van der Waals surface area contributed by atoms with E-state index in [9.17, 15) is 13.2 Å². The summed E-state index contributed by atoms with van der Waals surface area (Å²) in [5.74, 6) is -0.502. The van der Waals surface area contributed by atoms with E-state index in [1.54, 1.807) is 22.8 Å². The maximum absolute atomic E-state index is 15.2. The van der Waals surface area contributed by atoms with E-state index < -0.39 is 21.1 Å². The molecule has 3 aromatic rings. The lowest BCUT2D eigenvalue weighted by atomic mass is 10.1. The molecule has 34 heavy (non-hydrogen) atoms. The first-order valence-electron chi connectivity index (χ1n) is 12.0. The summed E-state index contributed by atoms with van der Waals surface area (Å²) in [5, 5.41) is 0.0824. The molecule has 0 atom stereocenters. The fourth-order valence-electron chi connectivity index (χ4n) is 4.63. The minimum atomic E-state index is -4.05. The lowest BCUT2D eigenvalue weighted by molar-refractivity contribution is 0.258. The highest BCUT2D eigenvalue weighted by molar-refractivity contribution is 7.91. The van der Waals surface area contributed by atoms with Gasteiger partial charge in [-0.1, -0.05) is 26.0 Å². The number of anilines is 1. The van der Waals surface area contributed by atoms with Crippen LogP contribution in [0, 0.1) is 5.82 Å². The van der Waals surface area contributed by atoms with Crippen LogP contribution in [0.5, 0.6) is 0 Å². The largest absolute Gasteiger partial charge is 0.367 e. The lowest BCUT2D eigenvalue weighted by Gasteiger charge is -2.36. The van der Waals surface area contributed by atoms with Gasteiger partial charge in [0.25, 0.3) is 0 Å². The predicted molar refractivity (Wildman–Crippen MR) is 134 cm³/mol. The standard InChI is InChI=1S/C26H32FN3O3S/c1-4-11-28-12-14-30(15-13-28)24-17-23-21(16-22(24)27)26(31)25(18-29(23)6-3)34(32,33)20-9-7-19(5-2)8-10-20/h7-10,16-18H,4-6,11-15H2,1-3H3. The van der Waals surface area contributed by atoms with Gasteiger partial charge in [0.2, 0.25) is 15.3 Å². The molecule has 182 valence electrons. The monoisotopic (exact) mass is 485 g/mol. The third kappa shape index (κ3) is 4.49. The second-order valence-electron chi connectivity index (χ2n) is 8.76. The van der Waals surface area contributed by atoms with Crippen LogP contribution >= 0.6 is 0 Å². The molecule has 0 bridgehead atoms. The third-order valence-corrected chi connectivity index (χ3v) is 8.40. The number of aryl methyl sites for hydroxylation is 2. The minimum Gasteiger partial charge on any atom is -0.367 e. The number of benzene rings is 2. The van der Waals surface area contributed by atoms with Gasteiger partial charge in [0.05, 0.1) is 21.5 Å². The van der Waals surface area contributed by atoms with Crippen molar-refractivity contribution in [1.29, 1.82) is 0 Å². The van der Waals surface area contributed by atoms with Gasteiger partial charge < -0.3 is 9.47 Å². The number of halogens is 1. The molecule has 1 aliphatic rings. The van der Waals surface area contributed by atoms with Crippen molar-refractivity contribution in [2.75, 3.05) is 37.6 Å². The Kier molecular flexibility index (Phi) is 7.09. The Morgan fingerprint density at radius 3 is 2.24 bits per heavy atom. The van der Waals surface area contributed by atoms with Crippen molar-refractivity contribution in [2.24, 2.45) is 0 Å². The summed E-state index contributed by atoms with van der Waals surface area (Å²) in [5.41, 5.74) is 1.34. The highest BCUT2D eigenvalue weighted by Crippen LogP contribution is 2.28. The summed E-state index contributed by atoms with van der Waals surface area (Å²) in [6.07, 6.45) is 3.27. The van der Waals surface area contributed by atoms with E-state index in [0.29, 0.717) is 30.8 Å². The number of rotatable bonds is 7. The van der Waals surface area contributed by atoms with Gasteiger partial charge in [-0.15, -0.1) is 0 Å². The van der Waals surface area contributed by atoms with Crippen LogP contribution in [0.25, 0.3) is 10.9 Å². The van der Waals surface area contributed by atoms with Crippen molar-refractivity contribution >= 4 is 26.4 Å². The zero-order valence-corrected chi connectivity index (χ0v) is 20.9. The van der Waals surface area contributed by atoms with Crippen molar-refractivity contribution in [3.05, 3.63) is 64.2 Å². The first kappa shape index (κ1) is 24.4. The molecule has 1 aliphatic heterocycles. The molecule has 1 fully saturated rings. The Bertz CT molecular complexity index is 1340.